The van der Waals surface area contributed by atoms with Gasteiger partial charge >= 0.3 is 5.97 Å². The first-order chi connectivity index (χ1) is 9.65. The lowest BCUT2D eigenvalue weighted by Crippen LogP contribution is -2.36. The molecule has 0 N–H and O–H groups in total. The largest absolute Gasteiger partial charge is 0.462 e. The molecule has 2 aromatic rings. The first-order valence-corrected chi connectivity index (χ1v) is 6.70. The van der Waals surface area contributed by atoms with Crippen molar-refractivity contribution in [2.24, 2.45) is 0 Å². The van der Waals surface area contributed by atoms with Gasteiger partial charge in [0, 0.05) is 30.8 Å². The van der Waals surface area contributed by atoms with Crippen LogP contribution in [0.3, 0.4) is 0 Å². The Labute approximate surface area is 116 Å². The topological polar surface area (TPSA) is 51.5 Å². The minimum Gasteiger partial charge on any atom is -0.462 e. The quantitative estimate of drug-likeness (QED) is 0.773. The Morgan fingerprint density at radius 1 is 1.30 bits per heavy atom. The van der Waals surface area contributed by atoms with E-state index in [1.54, 1.807) is 23.7 Å². The highest BCUT2D eigenvalue weighted by molar-refractivity contribution is 6.05. The Morgan fingerprint density at radius 3 is 2.70 bits per heavy atom. The van der Waals surface area contributed by atoms with Gasteiger partial charge in [-0.05, 0) is 13.0 Å². The van der Waals surface area contributed by atoms with Crippen molar-refractivity contribution in [2.75, 3.05) is 25.2 Å². The van der Waals surface area contributed by atoms with Crippen LogP contribution in [0.4, 0.5) is 0 Å². The number of esters is 1. The van der Waals surface area contributed by atoms with Crippen LogP contribution in [0, 0.1) is 0 Å². The summed E-state index contributed by atoms with van der Waals surface area (Å²) < 4.78 is 6.76. The number of fused-ring (bicyclic) bond motifs is 2. The van der Waals surface area contributed by atoms with Crippen molar-refractivity contribution in [3.8, 4) is 0 Å². The molecular formula is C15H16N2O3. The molecule has 3 rings (SSSR count). The number of hydrogen-bond acceptors (Lipinski definition) is 4. The molecule has 0 saturated heterocycles. The molecule has 0 aliphatic carbocycles. The number of likely N-dealkylation sites (N-methyl/N-ethyl adjacent to an activating group) is 1. The molecule has 5 heteroatoms. The molecule has 0 radical (unpaired) electrons. The number of hydrogen-bond donors (Lipinski definition) is 0. The van der Waals surface area contributed by atoms with Crippen molar-refractivity contribution < 1.29 is 9.53 Å². The highest BCUT2D eigenvalue weighted by Gasteiger charge is 2.27. The second kappa shape index (κ2) is 4.67. The third kappa shape index (κ3) is 1.70. The van der Waals surface area contributed by atoms with Gasteiger partial charge in [-0.3, -0.25) is 4.79 Å². The van der Waals surface area contributed by atoms with Gasteiger partial charge in [0.15, 0.2) is 0 Å². The maximum Gasteiger partial charge on any atom is 0.340 e. The standard InChI is InChI=1S/C15H16N2O3/c1-3-20-15(19)13-10-6-4-5-7-11(10)14(18)17-12(13)8-9-16(17)2/h4-7H,3,8-9H2,1-2H3. The summed E-state index contributed by atoms with van der Waals surface area (Å²) >= 11 is 0. The summed E-state index contributed by atoms with van der Waals surface area (Å²) in [5.74, 6) is -0.359. The second-order valence-corrected chi connectivity index (χ2v) is 4.84. The number of carbonyl (C=O) groups excluding carboxylic acids is 1. The summed E-state index contributed by atoms with van der Waals surface area (Å²) in [7, 11) is 1.85. The summed E-state index contributed by atoms with van der Waals surface area (Å²) in [5.41, 5.74) is 1.18. The number of pyridine rings is 1. The summed E-state index contributed by atoms with van der Waals surface area (Å²) in [6, 6.07) is 7.20. The molecule has 0 spiro atoms. The number of benzene rings is 1. The van der Waals surface area contributed by atoms with E-state index in [1.807, 2.05) is 24.2 Å². The molecule has 0 saturated carbocycles. The smallest absolute Gasteiger partial charge is 0.340 e. The third-order valence-electron chi connectivity index (χ3n) is 3.66. The van der Waals surface area contributed by atoms with E-state index in [1.165, 1.54) is 0 Å². The molecule has 1 aromatic carbocycles. The minimum absolute atomic E-state index is 0.0800. The van der Waals surface area contributed by atoms with Crippen molar-refractivity contribution in [3.05, 3.63) is 45.9 Å². The molecule has 5 nitrogen and oxygen atoms in total. The van der Waals surface area contributed by atoms with Gasteiger partial charge in [-0.15, -0.1) is 0 Å². The molecule has 20 heavy (non-hydrogen) atoms. The number of nitrogens with zero attached hydrogens (tertiary/aromatic N) is 2. The lowest BCUT2D eigenvalue weighted by molar-refractivity contribution is 0.0526. The van der Waals surface area contributed by atoms with E-state index < -0.39 is 0 Å². The van der Waals surface area contributed by atoms with Crippen molar-refractivity contribution in [1.29, 1.82) is 0 Å². The molecule has 0 amide bonds. The molecule has 2 heterocycles. The molecule has 0 unspecified atom stereocenters. The SMILES string of the molecule is CCOC(=O)c1c2n(c(=O)c3ccccc13)N(C)CC2. The Hall–Kier alpha value is -2.30. The van der Waals surface area contributed by atoms with Crippen molar-refractivity contribution in [3.63, 3.8) is 0 Å². The number of aromatic nitrogens is 1. The second-order valence-electron chi connectivity index (χ2n) is 4.84. The van der Waals surface area contributed by atoms with Crippen LogP contribution >= 0.6 is 0 Å². The maximum atomic E-state index is 12.5. The van der Waals surface area contributed by atoms with Crippen LogP contribution in [0.2, 0.25) is 0 Å². The average Bonchev–Trinajstić information content (AvgIpc) is 2.82. The average molecular weight is 272 g/mol. The zero-order chi connectivity index (χ0) is 14.3. The predicted octanol–water partition coefficient (Wildman–Crippen LogP) is 1.30. The van der Waals surface area contributed by atoms with E-state index in [0.29, 0.717) is 29.4 Å². The van der Waals surface area contributed by atoms with Crippen LogP contribution < -0.4 is 10.6 Å². The van der Waals surface area contributed by atoms with Crippen LogP contribution in [0.1, 0.15) is 23.0 Å². The summed E-state index contributed by atoms with van der Waals surface area (Å²) in [5, 5.41) is 3.07. The molecular weight excluding hydrogens is 256 g/mol. The summed E-state index contributed by atoms with van der Waals surface area (Å²) in [6.45, 7) is 2.82. The fourth-order valence-electron chi connectivity index (χ4n) is 2.78. The van der Waals surface area contributed by atoms with Crippen molar-refractivity contribution in [2.45, 2.75) is 13.3 Å². The fraction of sp³-hybridized carbons (Fsp3) is 0.333. The van der Waals surface area contributed by atoms with Crippen LogP contribution in [-0.4, -0.2) is 30.8 Å². The van der Waals surface area contributed by atoms with E-state index in [-0.39, 0.29) is 11.5 Å². The number of rotatable bonds is 2. The normalized spacial score (nSPS) is 13.6. The van der Waals surface area contributed by atoms with Gasteiger partial charge in [0.25, 0.3) is 5.56 Å². The Kier molecular flexibility index (Phi) is 2.97. The zero-order valence-electron chi connectivity index (χ0n) is 11.5. The van der Waals surface area contributed by atoms with Gasteiger partial charge in [0.2, 0.25) is 0 Å². The van der Waals surface area contributed by atoms with Crippen LogP contribution in [-0.2, 0) is 11.2 Å². The monoisotopic (exact) mass is 272 g/mol. The first-order valence-electron chi connectivity index (χ1n) is 6.70. The lowest BCUT2D eigenvalue weighted by Gasteiger charge is -2.17. The molecule has 1 aliphatic rings. The van der Waals surface area contributed by atoms with Crippen molar-refractivity contribution >= 4 is 16.7 Å². The summed E-state index contributed by atoms with van der Waals surface area (Å²) in [6.07, 6.45) is 0.671. The van der Waals surface area contributed by atoms with Gasteiger partial charge in [0.1, 0.15) is 0 Å². The maximum absolute atomic E-state index is 12.5. The Balaban J connectivity index is 2.41. The van der Waals surface area contributed by atoms with E-state index in [0.717, 1.165) is 12.2 Å². The number of carbonyl (C=O) groups is 1. The van der Waals surface area contributed by atoms with Crippen molar-refractivity contribution in [1.82, 2.24) is 4.68 Å². The Bertz CT molecular complexity index is 749. The predicted molar refractivity (Wildman–Crippen MR) is 76.9 cm³/mol. The highest BCUT2D eigenvalue weighted by atomic mass is 16.5. The van der Waals surface area contributed by atoms with E-state index >= 15 is 0 Å². The zero-order valence-corrected chi connectivity index (χ0v) is 11.5. The van der Waals surface area contributed by atoms with E-state index in [9.17, 15) is 9.59 Å². The van der Waals surface area contributed by atoms with Gasteiger partial charge in [-0.2, -0.15) is 0 Å². The molecule has 0 bridgehead atoms. The fourth-order valence-corrected chi connectivity index (χ4v) is 2.78. The van der Waals surface area contributed by atoms with Gasteiger partial charge in [0.05, 0.1) is 17.9 Å². The van der Waals surface area contributed by atoms with Gasteiger partial charge in [-0.1, -0.05) is 18.2 Å². The first kappa shape index (κ1) is 12.7. The van der Waals surface area contributed by atoms with Crippen LogP contribution in [0.25, 0.3) is 10.8 Å². The van der Waals surface area contributed by atoms with E-state index in [2.05, 4.69) is 0 Å². The number of ether oxygens (including phenoxy) is 1. The molecule has 1 aliphatic heterocycles. The molecule has 104 valence electrons. The van der Waals surface area contributed by atoms with Gasteiger partial charge in [-0.25, -0.2) is 9.47 Å². The molecule has 0 fully saturated rings. The molecule has 1 aromatic heterocycles. The van der Waals surface area contributed by atoms with Gasteiger partial charge < -0.3 is 9.75 Å². The Morgan fingerprint density at radius 2 is 2.00 bits per heavy atom. The summed E-state index contributed by atoms with van der Waals surface area (Å²) in [4.78, 5) is 24.8. The van der Waals surface area contributed by atoms with E-state index in [4.69, 9.17) is 4.74 Å². The third-order valence-corrected chi connectivity index (χ3v) is 3.66. The minimum atomic E-state index is -0.359. The molecule has 0 atom stereocenters. The highest BCUT2D eigenvalue weighted by Crippen LogP contribution is 2.24. The van der Waals surface area contributed by atoms with Crippen LogP contribution in [0.5, 0.6) is 0 Å². The van der Waals surface area contributed by atoms with Crippen LogP contribution in [0.15, 0.2) is 29.1 Å². The lowest BCUT2D eigenvalue weighted by atomic mass is 10.0.